The van der Waals surface area contributed by atoms with Crippen molar-refractivity contribution in [2.75, 3.05) is 13.2 Å². The third-order valence-electron chi connectivity index (χ3n) is 4.09. The van der Waals surface area contributed by atoms with Crippen molar-refractivity contribution in [1.82, 2.24) is 0 Å². The predicted octanol–water partition coefficient (Wildman–Crippen LogP) is 4.44. The van der Waals surface area contributed by atoms with E-state index < -0.39 is 5.41 Å². The van der Waals surface area contributed by atoms with Crippen LogP contribution in [0.4, 0.5) is 0 Å². The number of hydrogen-bond donors (Lipinski definition) is 1. The van der Waals surface area contributed by atoms with Crippen molar-refractivity contribution in [2.45, 2.75) is 85.0 Å². The molecule has 0 aliphatic rings. The van der Waals surface area contributed by atoms with Crippen LogP contribution in [0.5, 0.6) is 0 Å². The Balaban J connectivity index is 4.12. The van der Waals surface area contributed by atoms with E-state index in [0.29, 0.717) is 13.2 Å². The van der Waals surface area contributed by atoms with Gasteiger partial charge in [-0.2, -0.15) is 0 Å². The van der Waals surface area contributed by atoms with E-state index >= 15 is 0 Å². The molecule has 3 heteroatoms. The fraction of sp³-hybridized carbons (Fsp3) is 0.941. The number of carbonyl (C=O) groups is 1. The van der Waals surface area contributed by atoms with Gasteiger partial charge in [-0.25, -0.2) is 0 Å². The molecular weight excluding hydrogens is 250 g/mol. The van der Waals surface area contributed by atoms with Crippen molar-refractivity contribution < 1.29 is 9.53 Å². The zero-order valence-electron chi connectivity index (χ0n) is 13.9. The van der Waals surface area contributed by atoms with Crippen LogP contribution in [-0.2, 0) is 9.53 Å². The fourth-order valence-corrected chi connectivity index (χ4v) is 2.80. The Morgan fingerprint density at radius 1 is 0.900 bits per heavy atom. The lowest BCUT2D eigenvalue weighted by Crippen LogP contribution is -2.40. The number of unbranched alkanes of at least 4 members (excludes halogenated alkanes) is 6. The molecule has 0 aromatic carbocycles. The molecule has 0 radical (unpaired) electrons. The number of carbonyl (C=O) groups excluding carboxylic acids is 1. The molecule has 0 saturated carbocycles. The summed E-state index contributed by atoms with van der Waals surface area (Å²) in [6, 6.07) is 0. The van der Waals surface area contributed by atoms with Crippen LogP contribution >= 0.6 is 0 Å². The fourth-order valence-electron chi connectivity index (χ4n) is 2.80. The van der Waals surface area contributed by atoms with E-state index in [1.165, 1.54) is 38.5 Å². The lowest BCUT2D eigenvalue weighted by Gasteiger charge is -2.29. The Morgan fingerprint density at radius 2 is 1.50 bits per heavy atom. The molecule has 3 nitrogen and oxygen atoms in total. The molecule has 2 N–H and O–H groups in total. The maximum absolute atomic E-state index is 12.2. The van der Waals surface area contributed by atoms with Crippen molar-refractivity contribution in [2.24, 2.45) is 11.1 Å². The number of hydrogen-bond acceptors (Lipinski definition) is 3. The molecule has 0 fully saturated rings. The summed E-state index contributed by atoms with van der Waals surface area (Å²) < 4.78 is 5.24. The lowest BCUT2D eigenvalue weighted by atomic mass is 9.78. The second kappa shape index (κ2) is 12.2. The summed E-state index contributed by atoms with van der Waals surface area (Å²) in [5.74, 6) is -0.0877. The van der Waals surface area contributed by atoms with Gasteiger partial charge in [-0.15, -0.1) is 0 Å². The normalized spacial score (nSPS) is 14.0. The Kier molecular flexibility index (Phi) is 11.8. The van der Waals surface area contributed by atoms with Gasteiger partial charge in [0.15, 0.2) is 0 Å². The van der Waals surface area contributed by atoms with Crippen molar-refractivity contribution in [3.63, 3.8) is 0 Å². The molecule has 0 bridgehead atoms. The Morgan fingerprint density at radius 3 is 2.00 bits per heavy atom. The molecule has 1 atom stereocenters. The SMILES string of the molecule is CCCCCCCCCC(CN)(CCC)C(=O)OCC. The summed E-state index contributed by atoms with van der Waals surface area (Å²) in [5, 5.41) is 0. The third-order valence-corrected chi connectivity index (χ3v) is 4.09. The highest BCUT2D eigenvalue weighted by Crippen LogP contribution is 2.31. The predicted molar refractivity (Wildman–Crippen MR) is 85.6 cm³/mol. The summed E-state index contributed by atoms with van der Waals surface area (Å²) in [6.45, 7) is 7.06. The quantitative estimate of drug-likeness (QED) is 0.402. The highest BCUT2D eigenvalue weighted by atomic mass is 16.5. The van der Waals surface area contributed by atoms with Crippen LogP contribution < -0.4 is 5.73 Å². The van der Waals surface area contributed by atoms with Crippen LogP contribution in [0, 0.1) is 5.41 Å². The van der Waals surface area contributed by atoms with Gasteiger partial charge in [0.2, 0.25) is 0 Å². The maximum atomic E-state index is 12.2. The van der Waals surface area contributed by atoms with Crippen LogP contribution in [0.3, 0.4) is 0 Å². The van der Waals surface area contributed by atoms with Crippen LogP contribution in [0.15, 0.2) is 0 Å². The summed E-state index contributed by atoms with van der Waals surface area (Å²) >= 11 is 0. The van der Waals surface area contributed by atoms with Gasteiger partial charge < -0.3 is 10.5 Å². The van der Waals surface area contributed by atoms with Gasteiger partial charge in [0, 0.05) is 6.54 Å². The van der Waals surface area contributed by atoms with Crippen LogP contribution in [-0.4, -0.2) is 19.1 Å². The molecule has 0 aromatic rings. The average Bonchev–Trinajstić information content (AvgIpc) is 2.45. The van der Waals surface area contributed by atoms with Crippen LogP contribution in [0.25, 0.3) is 0 Å². The minimum absolute atomic E-state index is 0.0877. The van der Waals surface area contributed by atoms with E-state index in [1.54, 1.807) is 0 Å². The number of esters is 1. The Labute approximate surface area is 125 Å². The monoisotopic (exact) mass is 285 g/mol. The first kappa shape index (κ1) is 19.4. The van der Waals surface area contributed by atoms with Crippen LogP contribution in [0.2, 0.25) is 0 Å². The van der Waals surface area contributed by atoms with E-state index in [-0.39, 0.29) is 5.97 Å². The van der Waals surface area contributed by atoms with E-state index in [9.17, 15) is 4.79 Å². The van der Waals surface area contributed by atoms with Crippen LogP contribution in [0.1, 0.15) is 85.0 Å². The molecule has 0 aliphatic carbocycles. The Hall–Kier alpha value is -0.570. The minimum atomic E-state index is -0.436. The molecule has 1 unspecified atom stereocenters. The Bertz CT molecular complexity index is 243. The molecule has 0 aliphatic heterocycles. The van der Waals surface area contributed by atoms with E-state index in [0.717, 1.165) is 25.7 Å². The maximum Gasteiger partial charge on any atom is 0.313 e. The second-order valence-electron chi connectivity index (χ2n) is 5.83. The molecule has 0 saturated heterocycles. The molecule has 0 amide bonds. The summed E-state index contributed by atoms with van der Waals surface area (Å²) in [5.41, 5.74) is 5.47. The first-order chi connectivity index (χ1) is 9.66. The topological polar surface area (TPSA) is 52.3 Å². The standard InChI is InChI=1S/C17H35NO2/c1-4-7-8-9-10-11-12-14-17(15-18,13-5-2)16(19)20-6-3/h4-15,18H2,1-3H3. The summed E-state index contributed by atoms with van der Waals surface area (Å²) in [6.07, 6.45) is 11.5. The second-order valence-corrected chi connectivity index (χ2v) is 5.83. The van der Waals surface area contributed by atoms with Gasteiger partial charge in [0.25, 0.3) is 0 Å². The number of ether oxygens (including phenoxy) is 1. The van der Waals surface area contributed by atoms with Gasteiger partial charge in [0.05, 0.1) is 12.0 Å². The number of rotatable bonds is 13. The first-order valence-electron chi connectivity index (χ1n) is 8.54. The zero-order chi connectivity index (χ0) is 15.3. The molecule has 0 spiro atoms. The van der Waals surface area contributed by atoms with Gasteiger partial charge in [-0.3, -0.25) is 4.79 Å². The van der Waals surface area contributed by atoms with Crippen molar-refractivity contribution >= 4 is 5.97 Å². The molecule has 0 rings (SSSR count). The summed E-state index contributed by atoms with van der Waals surface area (Å²) in [4.78, 5) is 12.2. The van der Waals surface area contributed by atoms with Crippen molar-refractivity contribution in [1.29, 1.82) is 0 Å². The number of nitrogens with two attached hydrogens (primary N) is 1. The minimum Gasteiger partial charge on any atom is -0.466 e. The van der Waals surface area contributed by atoms with Crippen molar-refractivity contribution in [3.8, 4) is 0 Å². The lowest BCUT2D eigenvalue weighted by molar-refractivity contribution is -0.156. The largest absolute Gasteiger partial charge is 0.466 e. The van der Waals surface area contributed by atoms with Gasteiger partial charge >= 0.3 is 5.97 Å². The first-order valence-corrected chi connectivity index (χ1v) is 8.54. The van der Waals surface area contributed by atoms with E-state index in [2.05, 4.69) is 13.8 Å². The third kappa shape index (κ3) is 7.28. The molecule has 0 heterocycles. The van der Waals surface area contributed by atoms with E-state index in [4.69, 9.17) is 10.5 Å². The average molecular weight is 285 g/mol. The van der Waals surface area contributed by atoms with Crippen molar-refractivity contribution in [3.05, 3.63) is 0 Å². The smallest absolute Gasteiger partial charge is 0.313 e. The van der Waals surface area contributed by atoms with Gasteiger partial charge in [-0.1, -0.05) is 65.2 Å². The zero-order valence-corrected chi connectivity index (χ0v) is 13.9. The van der Waals surface area contributed by atoms with E-state index in [1.807, 2.05) is 6.92 Å². The highest BCUT2D eigenvalue weighted by Gasteiger charge is 2.36. The van der Waals surface area contributed by atoms with Gasteiger partial charge in [-0.05, 0) is 19.8 Å². The highest BCUT2D eigenvalue weighted by molar-refractivity contribution is 5.77. The molecule has 0 aromatic heterocycles. The van der Waals surface area contributed by atoms with Gasteiger partial charge in [0.1, 0.15) is 0 Å². The molecule has 20 heavy (non-hydrogen) atoms. The molecular formula is C17H35NO2. The molecule has 120 valence electrons. The summed E-state index contributed by atoms with van der Waals surface area (Å²) in [7, 11) is 0.